The van der Waals surface area contributed by atoms with Crippen molar-refractivity contribution >= 4 is 25.1 Å². The maximum atomic E-state index is 11.5. The van der Waals surface area contributed by atoms with Gasteiger partial charge in [0, 0.05) is 5.88 Å². The minimum Gasteiger partial charge on any atom is -0.406 e. The van der Waals surface area contributed by atoms with E-state index in [4.69, 9.17) is 11.6 Å². The third-order valence-corrected chi connectivity index (χ3v) is 1.98. The van der Waals surface area contributed by atoms with Gasteiger partial charge >= 0.3 is 6.36 Å². The first kappa shape index (κ1) is 19.8. The SMILES string of the molecule is CCCCCCl.FC(F)(F)Oc1ccccc1.S. The van der Waals surface area contributed by atoms with Crippen molar-refractivity contribution in [3.05, 3.63) is 30.3 Å². The van der Waals surface area contributed by atoms with Crippen LogP contribution in [0, 0.1) is 0 Å². The molecule has 0 radical (unpaired) electrons. The molecule has 6 heteroatoms. The van der Waals surface area contributed by atoms with Gasteiger partial charge in [-0.15, -0.1) is 24.8 Å². The number of benzene rings is 1. The number of hydrogen-bond donors (Lipinski definition) is 0. The summed E-state index contributed by atoms with van der Waals surface area (Å²) in [5.41, 5.74) is 0. The molecule has 0 atom stereocenters. The molecule has 0 fully saturated rings. The number of unbranched alkanes of at least 4 members (excludes halogenated alkanes) is 2. The average Bonchev–Trinajstić information content (AvgIpc) is 2.26. The molecule has 0 spiro atoms. The first-order chi connectivity index (χ1) is 7.99. The highest BCUT2D eigenvalue weighted by atomic mass is 35.5. The van der Waals surface area contributed by atoms with Crippen molar-refractivity contribution in [1.29, 1.82) is 0 Å². The molecule has 0 aromatic heterocycles. The molecule has 1 nitrogen and oxygen atoms in total. The molecular weight excluding hydrogens is 285 g/mol. The zero-order valence-electron chi connectivity index (χ0n) is 10.1. The van der Waals surface area contributed by atoms with Crippen molar-refractivity contribution in [3.8, 4) is 5.75 Å². The minimum absolute atomic E-state index is 0. The third-order valence-electron chi connectivity index (χ3n) is 1.71. The molecule has 0 saturated carbocycles. The van der Waals surface area contributed by atoms with E-state index in [0.717, 1.165) is 5.88 Å². The summed E-state index contributed by atoms with van der Waals surface area (Å²) in [7, 11) is 0. The monoisotopic (exact) mass is 302 g/mol. The molecule has 18 heavy (non-hydrogen) atoms. The van der Waals surface area contributed by atoms with Gasteiger partial charge in [0.15, 0.2) is 0 Å². The molecule has 1 aromatic rings. The zero-order chi connectivity index (χ0) is 13.1. The molecule has 0 aliphatic rings. The Morgan fingerprint density at radius 1 is 1.11 bits per heavy atom. The van der Waals surface area contributed by atoms with Gasteiger partial charge in [0.25, 0.3) is 0 Å². The van der Waals surface area contributed by atoms with Crippen LogP contribution >= 0.6 is 25.1 Å². The van der Waals surface area contributed by atoms with Gasteiger partial charge in [-0.2, -0.15) is 13.5 Å². The summed E-state index contributed by atoms with van der Waals surface area (Å²) in [5.74, 6) is 0.633. The van der Waals surface area contributed by atoms with E-state index in [1.54, 1.807) is 6.07 Å². The second-order valence-corrected chi connectivity index (χ2v) is 3.63. The Bertz CT molecular complexity index is 276. The number of ether oxygens (including phenoxy) is 1. The Morgan fingerprint density at radius 3 is 2.00 bits per heavy atom. The van der Waals surface area contributed by atoms with Gasteiger partial charge < -0.3 is 4.74 Å². The summed E-state index contributed by atoms with van der Waals surface area (Å²) in [4.78, 5) is 0. The van der Waals surface area contributed by atoms with Crippen LogP contribution in [0.3, 0.4) is 0 Å². The Kier molecular flexibility index (Phi) is 12.7. The maximum Gasteiger partial charge on any atom is 0.573 e. The second-order valence-electron chi connectivity index (χ2n) is 3.26. The van der Waals surface area contributed by atoms with Gasteiger partial charge in [-0.05, 0) is 18.6 Å². The van der Waals surface area contributed by atoms with Gasteiger partial charge in [-0.3, -0.25) is 0 Å². The van der Waals surface area contributed by atoms with Crippen LogP contribution in [-0.2, 0) is 0 Å². The van der Waals surface area contributed by atoms with E-state index in [1.807, 2.05) is 0 Å². The number of para-hydroxylation sites is 1. The van der Waals surface area contributed by atoms with Crippen molar-refractivity contribution in [1.82, 2.24) is 0 Å². The quantitative estimate of drug-likeness (QED) is 0.554. The normalized spacial score (nSPS) is 9.83. The van der Waals surface area contributed by atoms with Crippen molar-refractivity contribution in [2.24, 2.45) is 0 Å². The lowest BCUT2D eigenvalue weighted by Crippen LogP contribution is -2.16. The lowest BCUT2D eigenvalue weighted by Gasteiger charge is -2.07. The molecule has 106 valence electrons. The van der Waals surface area contributed by atoms with Gasteiger partial charge in [-0.1, -0.05) is 38.0 Å². The fraction of sp³-hybridized carbons (Fsp3) is 0.500. The molecule has 0 N–H and O–H groups in total. The van der Waals surface area contributed by atoms with E-state index in [2.05, 4.69) is 11.7 Å². The minimum atomic E-state index is -4.60. The van der Waals surface area contributed by atoms with E-state index in [-0.39, 0.29) is 19.2 Å². The smallest absolute Gasteiger partial charge is 0.406 e. The predicted molar refractivity (Wildman–Crippen MR) is 73.8 cm³/mol. The van der Waals surface area contributed by atoms with Crippen LogP contribution in [-0.4, -0.2) is 12.2 Å². The molecule has 1 rings (SSSR count). The van der Waals surface area contributed by atoms with E-state index < -0.39 is 6.36 Å². The molecule has 0 unspecified atom stereocenters. The number of rotatable bonds is 4. The summed E-state index contributed by atoms with van der Waals surface area (Å²) < 4.78 is 38.2. The molecular formula is C12H18ClF3OS. The molecule has 0 heterocycles. The Balaban J connectivity index is 0. The van der Waals surface area contributed by atoms with E-state index in [0.29, 0.717) is 0 Å². The molecule has 0 bridgehead atoms. The van der Waals surface area contributed by atoms with Crippen LogP contribution in [0.25, 0.3) is 0 Å². The summed E-state index contributed by atoms with van der Waals surface area (Å²) in [5, 5.41) is 0. The van der Waals surface area contributed by atoms with Crippen LogP contribution in [0.4, 0.5) is 13.2 Å². The van der Waals surface area contributed by atoms with Crippen LogP contribution < -0.4 is 4.74 Å². The van der Waals surface area contributed by atoms with Crippen LogP contribution in [0.1, 0.15) is 26.2 Å². The van der Waals surface area contributed by atoms with Crippen molar-refractivity contribution in [2.75, 3.05) is 5.88 Å². The number of alkyl halides is 4. The number of halogens is 4. The van der Waals surface area contributed by atoms with Gasteiger partial charge in [-0.25, -0.2) is 0 Å². The van der Waals surface area contributed by atoms with Crippen molar-refractivity contribution in [3.63, 3.8) is 0 Å². The first-order valence-corrected chi connectivity index (χ1v) is 5.89. The Hall–Kier alpha value is -0.550. The average molecular weight is 303 g/mol. The first-order valence-electron chi connectivity index (χ1n) is 5.36. The van der Waals surface area contributed by atoms with Gasteiger partial charge in [0.05, 0.1) is 0 Å². The standard InChI is InChI=1S/C7H5F3O.C5H11Cl.H2S/c8-7(9,10)11-6-4-2-1-3-5-6;1-2-3-4-5-6;/h1-5H;2-5H2,1H3;1H2. The van der Waals surface area contributed by atoms with Crippen LogP contribution in [0.2, 0.25) is 0 Å². The fourth-order valence-corrected chi connectivity index (χ4v) is 1.16. The Labute approximate surface area is 118 Å². The molecule has 0 saturated heterocycles. The second kappa shape index (κ2) is 11.5. The third kappa shape index (κ3) is 13.5. The van der Waals surface area contributed by atoms with Crippen LogP contribution in [0.15, 0.2) is 30.3 Å². The molecule has 0 amide bonds. The van der Waals surface area contributed by atoms with Crippen LogP contribution in [0.5, 0.6) is 5.75 Å². The molecule has 0 aliphatic heterocycles. The fourth-order valence-electron chi connectivity index (χ4n) is 0.967. The molecule has 0 aliphatic carbocycles. The van der Waals surface area contributed by atoms with Gasteiger partial charge in [0.2, 0.25) is 0 Å². The van der Waals surface area contributed by atoms with Crippen molar-refractivity contribution < 1.29 is 17.9 Å². The predicted octanol–water partition coefficient (Wildman–Crippen LogP) is 5.11. The lowest BCUT2D eigenvalue weighted by atomic mass is 10.3. The largest absolute Gasteiger partial charge is 0.573 e. The van der Waals surface area contributed by atoms with Gasteiger partial charge in [0.1, 0.15) is 5.75 Å². The maximum absolute atomic E-state index is 11.5. The Morgan fingerprint density at radius 2 is 1.67 bits per heavy atom. The highest BCUT2D eigenvalue weighted by Crippen LogP contribution is 2.21. The summed E-state index contributed by atoms with van der Waals surface area (Å²) in [6.45, 7) is 2.17. The van der Waals surface area contributed by atoms with E-state index in [9.17, 15) is 13.2 Å². The molecule has 1 aromatic carbocycles. The highest BCUT2D eigenvalue weighted by molar-refractivity contribution is 7.59. The zero-order valence-corrected chi connectivity index (χ0v) is 11.9. The summed E-state index contributed by atoms with van der Waals surface area (Å²) in [6.07, 6.45) is -0.865. The highest BCUT2D eigenvalue weighted by Gasteiger charge is 2.30. The van der Waals surface area contributed by atoms with E-state index in [1.165, 1.54) is 43.5 Å². The van der Waals surface area contributed by atoms with Crippen molar-refractivity contribution in [2.45, 2.75) is 32.5 Å². The summed E-state index contributed by atoms with van der Waals surface area (Å²) >= 11 is 5.38. The topological polar surface area (TPSA) is 9.23 Å². The van der Waals surface area contributed by atoms with E-state index >= 15 is 0 Å². The lowest BCUT2D eigenvalue weighted by molar-refractivity contribution is -0.274. The number of hydrogen-bond acceptors (Lipinski definition) is 1. The summed E-state index contributed by atoms with van der Waals surface area (Å²) in [6, 6.07) is 7.05.